The van der Waals surface area contributed by atoms with Crippen molar-refractivity contribution < 1.29 is 12.8 Å². The summed E-state index contributed by atoms with van der Waals surface area (Å²) >= 11 is 1.40. The fraction of sp³-hybridized carbons (Fsp3) is 0.190. The van der Waals surface area contributed by atoms with Crippen LogP contribution in [0.15, 0.2) is 59.1 Å². The van der Waals surface area contributed by atoms with Gasteiger partial charge in [-0.3, -0.25) is 0 Å². The number of fused-ring (bicyclic) bond motifs is 2. The van der Waals surface area contributed by atoms with Crippen molar-refractivity contribution in [1.29, 1.82) is 0 Å². The zero-order valence-corrected chi connectivity index (χ0v) is 17.3. The van der Waals surface area contributed by atoms with Crippen molar-refractivity contribution >= 4 is 48.1 Å². The molecule has 5 rings (SSSR count). The molecule has 1 aliphatic heterocycles. The molecule has 0 amide bonds. The van der Waals surface area contributed by atoms with Gasteiger partial charge in [0.05, 0.1) is 26.1 Å². The maximum atomic E-state index is 14.0. The highest BCUT2D eigenvalue weighted by Gasteiger charge is 2.24. The molecule has 0 aliphatic carbocycles. The lowest BCUT2D eigenvalue weighted by molar-refractivity contribution is 0.370. The lowest BCUT2D eigenvalue weighted by atomic mass is 9.99. The smallest absolute Gasteiger partial charge is 0.268 e. The van der Waals surface area contributed by atoms with Crippen molar-refractivity contribution in [2.75, 3.05) is 20.1 Å². The molecule has 8 heteroatoms. The largest absolute Gasteiger partial charge is 0.302 e. The van der Waals surface area contributed by atoms with Gasteiger partial charge in [-0.05, 0) is 55.4 Å². The van der Waals surface area contributed by atoms with E-state index in [0.29, 0.717) is 10.9 Å². The molecular weight excluding hydrogens is 409 g/mol. The zero-order chi connectivity index (χ0) is 20.2. The molecule has 0 saturated heterocycles. The molecule has 0 spiro atoms. The molecule has 0 bridgehead atoms. The molecule has 5 nitrogen and oxygen atoms in total. The number of thiazole rings is 1. The highest BCUT2D eigenvalue weighted by atomic mass is 32.2. The van der Waals surface area contributed by atoms with E-state index in [1.165, 1.54) is 33.5 Å². The molecule has 0 radical (unpaired) electrons. The molecule has 0 atom stereocenters. The Hall–Kier alpha value is -2.55. The van der Waals surface area contributed by atoms with Crippen molar-refractivity contribution in [3.05, 3.63) is 65.6 Å². The first kappa shape index (κ1) is 18.5. The number of halogens is 1. The summed E-state index contributed by atoms with van der Waals surface area (Å²) in [5.74, 6) is -0.381. The van der Waals surface area contributed by atoms with Gasteiger partial charge in [-0.15, -0.1) is 11.3 Å². The third kappa shape index (κ3) is 3.08. The normalized spacial score (nSPS) is 15.9. The lowest BCUT2D eigenvalue weighted by Gasteiger charge is -2.21. The number of nitrogens with zero attached hydrogens (tertiary/aromatic N) is 3. The van der Waals surface area contributed by atoms with E-state index in [1.807, 2.05) is 7.05 Å². The van der Waals surface area contributed by atoms with Gasteiger partial charge in [-0.1, -0.05) is 6.08 Å². The van der Waals surface area contributed by atoms with Gasteiger partial charge in [0.25, 0.3) is 10.0 Å². The summed E-state index contributed by atoms with van der Waals surface area (Å²) in [7, 11) is -1.80. The molecule has 1 aliphatic rings. The highest BCUT2D eigenvalue weighted by molar-refractivity contribution is 7.90. The van der Waals surface area contributed by atoms with Gasteiger partial charge in [-0.25, -0.2) is 21.8 Å². The number of aromatic nitrogens is 2. The van der Waals surface area contributed by atoms with Gasteiger partial charge >= 0.3 is 0 Å². The van der Waals surface area contributed by atoms with Crippen LogP contribution < -0.4 is 0 Å². The van der Waals surface area contributed by atoms with E-state index in [9.17, 15) is 12.8 Å². The summed E-state index contributed by atoms with van der Waals surface area (Å²) in [6, 6.07) is 9.18. The summed E-state index contributed by atoms with van der Waals surface area (Å²) in [5.41, 5.74) is 4.76. The number of likely N-dealkylation sites (N-methyl/N-ethyl adjacent to an activating group) is 1. The van der Waals surface area contributed by atoms with Crippen LogP contribution in [-0.4, -0.2) is 42.4 Å². The van der Waals surface area contributed by atoms with Crippen molar-refractivity contribution in [3.63, 3.8) is 0 Å². The Morgan fingerprint density at radius 2 is 2.03 bits per heavy atom. The molecule has 4 aromatic rings. The molecule has 0 N–H and O–H groups in total. The Morgan fingerprint density at radius 1 is 1.17 bits per heavy atom. The van der Waals surface area contributed by atoms with E-state index >= 15 is 0 Å². The Bertz CT molecular complexity index is 1390. The predicted molar refractivity (Wildman–Crippen MR) is 114 cm³/mol. The van der Waals surface area contributed by atoms with E-state index in [2.05, 4.69) is 16.0 Å². The molecule has 2 aromatic carbocycles. The first-order chi connectivity index (χ1) is 13.9. The summed E-state index contributed by atoms with van der Waals surface area (Å²) in [4.78, 5) is 6.59. The Kier molecular flexibility index (Phi) is 4.31. The van der Waals surface area contributed by atoms with Crippen molar-refractivity contribution in [3.8, 4) is 0 Å². The third-order valence-corrected chi connectivity index (χ3v) is 7.81. The SMILES string of the molecule is CN1CC=C(c2cn(S(=O)(=O)c3ccc4ncsc4c3)c3ccc(F)cc23)CC1. The van der Waals surface area contributed by atoms with E-state index in [-0.39, 0.29) is 10.7 Å². The maximum Gasteiger partial charge on any atom is 0.268 e. The Labute approximate surface area is 171 Å². The Morgan fingerprint density at radius 3 is 2.83 bits per heavy atom. The third-order valence-electron chi connectivity index (χ3n) is 5.35. The standard InChI is InChI=1S/C21H18FN3O2S2/c1-24-8-6-14(7-9-24)18-12-25(20-5-2-15(22)10-17(18)20)29(26,27)16-3-4-19-21(11-16)28-13-23-19/h2-6,10-13H,7-9H2,1H3. The summed E-state index contributed by atoms with van der Waals surface area (Å²) < 4.78 is 43.1. The van der Waals surface area contributed by atoms with Gasteiger partial charge in [0, 0.05) is 30.2 Å². The molecule has 29 heavy (non-hydrogen) atoms. The van der Waals surface area contributed by atoms with Crippen LogP contribution in [-0.2, 0) is 10.0 Å². The maximum absolute atomic E-state index is 14.0. The first-order valence-electron chi connectivity index (χ1n) is 9.21. The lowest BCUT2D eigenvalue weighted by Crippen LogP contribution is -2.23. The molecule has 2 aromatic heterocycles. The average Bonchev–Trinajstić information content (AvgIpc) is 3.32. The summed E-state index contributed by atoms with van der Waals surface area (Å²) in [6.45, 7) is 1.66. The van der Waals surface area contributed by atoms with E-state index in [1.54, 1.807) is 29.9 Å². The second-order valence-electron chi connectivity index (χ2n) is 7.23. The summed E-state index contributed by atoms with van der Waals surface area (Å²) in [6.07, 6.45) is 4.51. The average molecular weight is 428 g/mol. The van der Waals surface area contributed by atoms with Gasteiger partial charge in [-0.2, -0.15) is 0 Å². The molecule has 148 valence electrons. The molecular formula is C21H18FN3O2S2. The highest BCUT2D eigenvalue weighted by Crippen LogP contribution is 2.34. The van der Waals surface area contributed by atoms with Gasteiger partial charge < -0.3 is 4.90 Å². The minimum absolute atomic E-state index is 0.194. The molecule has 0 fully saturated rings. The molecule has 3 heterocycles. The number of hydrogen-bond acceptors (Lipinski definition) is 5. The zero-order valence-electron chi connectivity index (χ0n) is 15.7. The van der Waals surface area contributed by atoms with Crippen LogP contribution in [0.5, 0.6) is 0 Å². The van der Waals surface area contributed by atoms with Crippen LogP contribution in [0.25, 0.3) is 26.7 Å². The topological polar surface area (TPSA) is 55.2 Å². The Balaban J connectivity index is 1.72. The number of hydrogen-bond donors (Lipinski definition) is 0. The fourth-order valence-electron chi connectivity index (χ4n) is 3.75. The second-order valence-corrected chi connectivity index (χ2v) is 9.93. The van der Waals surface area contributed by atoms with E-state index in [4.69, 9.17) is 0 Å². The van der Waals surface area contributed by atoms with Crippen LogP contribution in [0.4, 0.5) is 4.39 Å². The van der Waals surface area contributed by atoms with Gasteiger partial charge in [0.1, 0.15) is 5.82 Å². The van der Waals surface area contributed by atoms with E-state index in [0.717, 1.165) is 40.9 Å². The van der Waals surface area contributed by atoms with Crippen LogP contribution in [0.1, 0.15) is 12.0 Å². The second kappa shape index (κ2) is 6.76. The van der Waals surface area contributed by atoms with Gasteiger partial charge in [0.15, 0.2) is 0 Å². The van der Waals surface area contributed by atoms with Crippen LogP contribution in [0, 0.1) is 5.82 Å². The fourth-order valence-corrected chi connectivity index (χ4v) is 5.94. The van der Waals surface area contributed by atoms with Crippen LogP contribution in [0.2, 0.25) is 0 Å². The quantitative estimate of drug-likeness (QED) is 0.488. The minimum Gasteiger partial charge on any atom is -0.302 e. The van der Waals surface area contributed by atoms with Crippen molar-refractivity contribution in [2.45, 2.75) is 11.3 Å². The van der Waals surface area contributed by atoms with Crippen LogP contribution >= 0.6 is 11.3 Å². The minimum atomic E-state index is -3.84. The number of rotatable bonds is 3. The van der Waals surface area contributed by atoms with Crippen LogP contribution in [0.3, 0.4) is 0 Å². The van der Waals surface area contributed by atoms with Crippen molar-refractivity contribution in [1.82, 2.24) is 13.9 Å². The van der Waals surface area contributed by atoms with E-state index < -0.39 is 10.0 Å². The monoisotopic (exact) mass is 427 g/mol. The van der Waals surface area contributed by atoms with Gasteiger partial charge in [0.2, 0.25) is 0 Å². The predicted octanol–water partition coefficient (Wildman–Crippen LogP) is 4.35. The molecule has 0 unspecified atom stereocenters. The number of benzene rings is 2. The first-order valence-corrected chi connectivity index (χ1v) is 11.5. The molecule has 0 saturated carbocycles. The van der Waals surface area contributed by atoms with Crippen molar-refractivity contribution in [2.24, 2.45) is 0 Å². The summed E-state index contributed by atoms with van der Waals surface area (Å²) in [5, 5.41) is 0.614.